The zero-order valence-corrected chi connectivity index (χ0v) is 10.5. The molecule has 0 amide bonds. The molecule has 1 atom stereocenters. The largest absolute Gasteiger partial charge is 0.383 e. The van der Waals surface area contributed by atoms with Crippen LogP contribution in [-0.4, -0.2) is 9.91 Å². The van der Waals surface area contributed by atoms with E-state index >= 15 is 0 Å². The normalized spacial score (nSPS) is 12.1. The first-order valence-corrected chi connectivity index (χ1v) is 6.21. The second-order valence-electron chi connectivity index (χ2n) is 3.82. The van der Waals surface area contributed by atoms with Gasteiger partial charge in [-0.3, -0.25) is 10.1 Å². The molecule has 0 aliphatic rings. The fourth-order valence-corrected chi connectivity index (χ4v) is 2.30. The van der Waals surface area contributed by atoms with Crippen LogP contribution in [0, 0.1) is 10.1 Å². The van der Waals surface area contributed by atoms with Gasteiger partial charge in [-0.25, -0.2) is 4.98 Å². The van der Waals surface area contributed by atoms with Crippen molar-refractivity contribution in [2.24, 2.45) is 0 Å². The second kappa shape index (κ2) is 5.01. The van der Waals surface area contributed by atoms with Gasteiger partial charge in [0.15, 0.2) is 0 Å². The monoisotopic (exact) mass is 264 g/mol. The standard InChI is InChI=1S/C11H12N4O2S/c1-7(8-2-3-18-6-8)13-11-5-9(15(16)17)4-10(12)14-11/h2-7H,1H3,(H3,12,13,14). The van der Waals surface area contributed by atoms with Gasteiger partial charge in [0, 0.05) is 0 Å². The summed E-state index contributed by atoms with van der Waals surface area (Å²) in [6, 6.07) is 4.62. The highest BCUT2D eigenvalue weighted by Gasteiger charge is 2.12. The van der Waals surface area contributed by atoms with E-state index in [1.807, 2.05) is 23.8 Å². The van der Waals surface area contributed by atoms with Crippen LogP contribution in [0.25, 0.3) is 0 Å². The fraction of sp³-hybridized carbons (Fsp3) is 0.182. The Balaban J connectivity index is 2.21. The Kier molecular flexibility index (Phi) is 3.42. The molecule has 0 aromatic carbocycles. The highest BCUT2D eigenvalue weighted by Crippen LogP contribution is 2.24. The molecule has 2 rings (SSSR count). The molecular weight excluding hydrogens is 252 g/mol. The van der Waals surface area contributed by atoms with Crippen LogP contribution in [-0.2, 0) is 0 Å². The van der Waals surface area contributed by atoms with Crippen molar-refractivity contribution in [3.8, 4) is 0 Å². The molecule has 94 valence electrons. The number of hydrogen-bond acceptors (Lipinski definition) is 6. The van der Waals surface area contributed by atoms with Crippen molar-refractivity contribution in [1.29, 1.82) is 0 Å². The second-order valence-corrected chi connectivity index (χ2v) is 4.60. The molecule has 7 heteroatoms. The van der Waals surface area contributed by atoms with Gasteiger partial charge in [-0.2, -0.15) is 11.3 Å². The van der Waals surface area contributed by atoms with Gasteiger partial charge in [-0.1, -0.05) is 0 Å². The highest BCUT2D eigenvalue weighted by atomic mass is 32.1. The number of nitrogens with one attached hydrogen (secondary N) is 1. The predicted molar refractivity (Wildman–Crippen MR) is 71.7 cm³/mol. The van der Waals surface area contributed by atoms with Crippen molar-refractivity contribution < 1.29 is 4.92 Å². The first kappa shape index (κ1) is 12.3. The average molecular weight is 264 g/mol. The number of nitrogens with two attached hydrogens (primary N) is 1. The minimum absolute atomic E-state index is 0.0187. The average Bonchev–Trinajstić information content (AvgIpc) is 2.81. The molecule has 0 bridgehead atoms. The Bertz CT molecular complexity index is 556. The fourth-order valence-electron chi connectivity index (χ4n) is 1.54. The van der Waals surface area contributed by atoms with E-state index in [2.05, 4.69) is 10.3 Å². The van der Waals surface area contributed by atoms with E-state index in [4.69, 9.17) is 5.73 Å². The van der Waals surface area contributed by atoms with E-state index in [0.29, 0.717) is 5.82 Å². The Labute approximate surface area is 108 Å². The Morgan fingerprint density at radius 3 is 2.94 bits per heavy atom. The van der Waals surface area contributed by atoms with Gasteiger partial charge in [0.25, 0.3) is 5.69 Å². The van der Waals surface area contributed by atoms with Gasteiger partial charge in [0.1, 0.15) is 11.6 Å². The lowest BCUT2D eigenvalue weighted by Crippen LogP contribution is -2.08. The molecule has 0 radical (unpaired) electrons. The maximum Gasteiger partial charge on any atom is 0.276 e. The molecule has 0 saturated carbocycles. The van der Waals surface area contributed by atoms with Crippen LogP contribution in [0.15, 0.2) is 29.0 Å². The lowest BCUT2D eigenvalue weighted by Gasteiger charge is -2.13. The van der Waals surface area contributed by atoms with Gasteiger partial charge < -0.3 is 11.1 Å². The van der Waals surface area contributed by atoms with Crippen molar-refractivity contribution in [1.82, 2.24) is 4.98 Å². The van der Waals surface area contributed by atoms with E-state index in [-0.39, 0.29) is 17.5 Å². The minimum Gasteiger partial charge on any atom is -0.383 e. The molecular formula is C11H12N4O2S. The highest BCUT2D eigenvalue weighted by molar-refractivity contribution is 7.07. The van der Waals surface area contributed by atoms with Gasteiger partial charge in [0.2, 0.25) is 0 Å². The maximum absolute atomic E-state index is 10.7. The smallest absolute Gasteiger partial charge is 0.276 e. The SMILES string of the molecule is CC(Nc1cc([N+](=O)[O-])cc(N)n1)c1ccsc1. The minimum atomic E-state index is -0.488. The van der Waals surface area contributed by atoms with Crippen LogP contribution < -0.4 is 11.1 Å². The third-order valence-electron chi connectivity index (χ3n) is 2.45. The van der Waals surface area contributed by atoms with E-state index < -0.39 is 4.92 Å². The number of hydrogen-bond donors (Lipinski definition) is 2. The summed E-state index contributed by atoms with van der Waals surface area (Å²) in [6.07, 6.45) is 0. The summed E-state index contributed by atoms with van der Waals surface area (Å²) in [4.78, 5) is 14.3. The Hall–Kier alpha value is -2.15. The van der Waals surface area contributed by atoms with Crippen LogP contribution in [0.4, 0.5) is 17.3 Å². The maximum atomic E-state index is 10.7. The molecule has 2 heterocycles. The first-order chi connectivity index (χ1) is 8.56. The molecule has 0 saturated heterocycles. The molecule has 0 aliphatic carbocycles. The van der Waals surface area contributed by atoms with Crippen molar-refractivity contribution >= 4 is 28.7 Å². The first-order valence-electron chi connectivity index (χ1n) is 5.27. The van der Waals surface area contributed by atoms with Crippen molar-refractivity contribution in [2.45, 2.75) is 13.0 Å². The Morgan fingerprint density at radius 1 is 1.56 bits per heavy atom. The summed E-state index contributed by atoms with van der Waals surface area (Å²) in [6.45, 7) is 1.96. The van der Waals surface area contributed by atoms with E-state index in [0.717, 1.165) is 5.56 Å². The quantitative estimate of drug-likeness (QED) is 0.654. The summed E-state index contributed by atoms with van der Waals surface area (Å²) in [7, 11) is 0. The van der Waals surface area contributed by atoms with Crippen LogP contribution in [0.2, 0.25) is 0 Å². The third kappa shape index (κ3) is 2.75. The van der Waals surface area contributed by atoms with Gasteiger partial charge in [-0.05, 0) is 29.3 Å². The Morgan fingerprint density at radius 2 is 2.33 bits per heavy atom. The third-order valence-corrected chi connectivity index (χ3v) is 3.15. The lowest BCUT2D eigenvalue weighted by molar-refractivity contribution is -0.384. The van der Waals surface area contributed by atoms with Crippen LogP contribution in [0.5, 0.6) is 0 Å². The van der Waals surface area contributed by atoms with E-state index in [1.165, 1.54) is 12.1 Å². The number of rotatable bonds is 4. The number of nitrogen functional groups attached to an aromatic ring is 1. The zero-order valence-electron chi connectivity index (χ0n) is 9.66. The molecule has 2 aromatic rings. The molecule has 0 fully saturated rings. The summed E-state index contributed by atoms with van der Waals surface area (Å²) < 4.78 is 0. The summed E-state index contributed by atoms with van der Waals surface area (Å²) >= 11 is 1.60. The van der Waals surface area contributed by atoms with Crippen molar-refractivity contribution in [3.05, 3.63) is 44.6 Å². The van der Waals surface area contributed by atoms with Crippen molar-refractivity contribution in [2.75, 3.05) is 11.1 Å². The lowest BCUT2D eigenvalue weighted by atomic mass is 10.2. The predicted octanol–water partition coefficient (Wildman–Crippen LogP) is 2.81. The topological polar surface area (TPSA) is 94.1 Å². The van der Waals surface area contributed by atoms with E-state index in [1.54, 1.807) is 11.3 Å². The van der Waals surface area contributed by atoms with Crippen LogP contribution in [0.3, 0.4) is 0 Å². The van der Waals surface area contributed by atoms with Gasteiger partial charge in [0.05, 0.1) is 23.1 Å². The van der Waals surface area contributed by atoms with Gasteiger partial charge >= 0.3 is 0 Å². The van der Waals surface area contributed by atoms with Crippen LogP contribution >= 0.6 is 11.3 Å². The van der Waals surface area contributed by atoms with Gasteiger partial charge in [-0.15, -0.1) is 0 Å². The molecule has 2 aromatic heterocycles. The molecule has 3 N–H and O–H groups in total. The number of pyridine rings is 1. The summed E-state index contributed by atoms with van der Waals surface area (Å²) in [5.41, 5.74) is 6.57. The van der Waals surface area contributed by atoms with Crippen molar-refractivity contribution in [3.63, 3.8) is 0 Å². The molecule has 0 aliphatic heterocycles. The number of nitrogens with zero attached hydrogens (tertiary/aromatic N) is 2. The number of thiophene rings is 1. The summed E-state index contributed by atoms with van der Waals surface area (Å²) in [5.74, 6) is 0.532. The van der Waals surface area contributed by atoms with Crippen LogP contribution in [0.1, 0.15) is 18.5 Å². The molecule has 6 nitrogen and oxygen atoms in total. The molecule has 1 unspecified atom stereocenters. The van der Waals surface area contributed by atoms with E-state index in [9.17, 15) is 10.1 Å². The number of anilines is 2. The number of nitro groups is 1. The number of aromatic nitrogens is 1. The zero-order chi connectivity index (χ0) is 13.1. The summed E-state index contributed by atoms with van der Waals surface area (Å²) in [5, 5.41) is 17.8. The molecule has 0 spiro atoms. The molecule has 18 heavy (non-hydrogen) atoms.